The van der Waals surface area contributed by atoms with Crippen LogP contribution in [-0.4, -0.2) is 47.8 Å². The highest BCUT2D eigenvalue weighted by molar-refractivity contribution is 6.75. The van der Waals surface area contributed by atoms with Gasteiger partial charge in [0, 0.05) is 12.0 Å². The lowest BCUT2D eigenvalue weighted by molar-refractivity contribution is 0.183. The number of hydrogen-bond acceptors (Lipinski definition) is 4. The minimum absolute atomic E-state index is 0.0134. The first-order valence-corrected chi connectivity index (χ1v) is 24.6. The number of rotatable bonds is 9. The van der Waals surface area contributed by atoms with Gasteiger partial charge >= 0.3 is 0 Å². The SMILES string of the molecule is CC(C)(C)[Si](C)(C)Oc1ccc2c(c1)CC1(C2)Cc2ccc(O[Si](C)(C)C(C)(C)C)cc2C1=Cc1ccc(OCCN2CCCCC2)cc1. The van der Waals surface area contributed by atoms with Gasteiger partial charge in [-0.15, -0.1) is 0 Å². The first-order valence-electron chi connectivity index (χ1n) is 18.8. The van der Waals surface area contributed by atoms with E-state index in [0.29, 0.717) is 0 Å². The molecule has 0 N–H and O–H groups in total. The Kier molecular flexibility index (Phi) is 9.84. The fourth-order valence-electron chi connectivity index (χ4n) is 7.31. The maximum absolute atomic E-state index is 6.87. The number of nitrogens with zero attached hydrogens (tertiary/aromatic N) is 1. The largest absolute Gasteiger partial charge is 0.543 e. The third kappa shape index (κ3) is 7.77. The minimum atomic E-state index is -1.98. The maximum Gasteiger partial charge on any atom is 0.250 e. The lowest BCUT2D eigenvalue weighted by atomic mass is 9.77. The van der Waals surface area contributed by atoms with Gasteiger partial charge in [-0.1, -0.05) is 78.3 Å². The normalized spacial score (nSPS) is 20.8. The number of piperidine rings is 1. The molecular formula is C43H61NO3Si2. The molecule has 6 heteroatoms. The Hall–Kier alpha value is -2.81. The van der Waals surface area contributed by atoms with Crippen LogP contribution in [-0.2, 0) is 19.3 Å². The first kappa shape index (κ1) is 36.0. The Morgan fingerprint density at radius 3 is 1.80 bits per heavy atom. The minimum Gasteiger partial charge on any atom is -0.543 e. The van der Waals surface area contributed by atoms with Crippen LogP contribution in [0.5, 0.6) is 17.2 Å². The number of fused-ring (bicyclic) bond motifs is 2. The summed E-state index contributed by atoms with van der Waals surface area (Å²) in [5.41, 5.74) is 8.34. The van der Waals surface area contributed by atoms with Gasteiger partial charge in [-0.3, -0.25) is 4.90 Å². The van der Waals surface area contributed by atoms with Crippen molar-refractivity contribution in [1.82, 2.24) is 4.90 Å². The average molecular weight is 696 g/mol. The monoisotopic (exact) mass is 695 g/mol. The topological polar surface area (TPSA) is 30.9 Å². The molecule has 1 saturated heterocycles. The molecule has 1 unspecified atom stereocenters. The van der Waals surface area contributed by atoms with Crippen LogP contribution in [0.25, 0.3) is 11.6 Å². The quantitative estimate of drug-likeness (QED) is 0.209. The highest BCUT2D eigenvalue weighted by atomic mass is 28.4. The van der Waals surface area contributed by atoms with E-state index in [1.165, 1.54) is 65.7 Å². The summed E-state index contributed by atoms with van der Waals surface area (Å²) in [6.45, 7) is 27.4. The van der Waals surface area contributed by atoms with Gasteiger partial charge in [0.25, 0.3) is 0 Å². The maximum atomic E-state index is 6.87. The molecular weight excluding hydrogens is 635 g/mol. The molecule has 6 rings (SSSR count). The summed E-state index contributed by atoms with van der Waals surface area (Å²) in [5.74, 6) is 2.99. The fraction of sp³-hybridized carbons (Fsp3) is 0.535. The lowest BCUT2D eigenvalue weighted by Gasteiger charge is -2.36. The molecule has 2 aliphatic carbocycles. The molecule has 4 nitrogen and oxygen atoms in total. The molecule has 1 fully saturated rings. The predicted octanol–water partition coefficient (Wildman–Crippen LogP) is 11.2. The fourth-order valence-corrected chi connectivity index (χ4v) is 9.35. The van der Waals surface area contributed by atoms with Crippen molar-refractivity contribution in [2.45, 2.75) is 116 Å². The molecule has 1 heterocycles. The van der Waals surface area contributed by atoms with Gasteiger partial charge in [-0.2, -0.15) is 0 Å². The van der Waals surface area contributed by atoms with Gasteiger partial charge in [0.2, 0.25) is 16.6 Å². The van der Waals surface area contributed by atoms with E-state index in [4.69, 9.17) is 13.6 Å². The summed E-state index contributed by atoms with van der Waals surface area (Å²) >= 11 is 0. The Morgan fingerprint density at radius 2 is 1.18 bits per heavy atom. The number of likely N-dealkylation sites (tertiary alicyclic amines) is 1. The third-order valence-electron chi connectivity index (χ3n) is 12.4. The van der Waals surface area contributed by atoms with E-state index >= 15 is 0 Å². The van der Waals surface area contributed by atoms with Crippen molar-refractivity contribution >= 4 is 28.3 Å². The molecule has 49 heavy (non-hydrogen) atoms. The molecule has 264 valence electrons. The van der Waals surface area contributed by atoms with E-state index in [2.05, 4.69) is 139 Å². The molecule has 3 aliphatic rings. The van der Waals surface area contributed by atoms with Crippen LogP contribution in [0, 0.1) is 5.41 Å². The van der Waals surface area contributed by atoms with Gasteiger partial charge in [-0.25, -0.2) is 0 Å². The third-order valence-corrected chi connectivity index (χ3v) is 21.1. The van der Waals surface area contributed by atoms with E-state index in [0.717, 1.165) is 49.7 Å². The van der Waals surface area contributed by atoms with Crippen molar-refractivity contribution in [3.63, 3.8) is 0 Å². The van der Waals surface area contributed by atoms with Crippen LogP contribution in [0.3, 0.4) is 0 Å². The van der Waals surface area contributed by atoms with Gasteiger partial charge in [0.1, 0.15) is 23.9 Å². The Morgan fingerprint density at radius 1 is 0.653 bits per heavy atom. The molecule has 0 saturated carbocycles. The van der Waals surface area contributed by atoms with Crippen molar-refractivity contribution in [1.29, 1.82) is 0 Å². The van der Waals surface area contributed by atoms with Crippen LogP contribution in [0.4, 0.5) is 0 Å². The first-order chi connectivity index (χ1) is 22.9. The number of allylic oxidation sites excluding steroid dienone is 1. The second-order valence-electron chi connectivity index (χ2n) is 18.2. The molecule has 1 aliphatic heterocycles. The average Bonchev–Trinajstić information content (AvgIpc) is 3.52. The van der Waals surface area contributed by atoms with E-state index in [1.807, 2.05) is 0 Å². The molecule has 1 atom stereocenters. The molecule has 0 bridgehead atoms. The molecule has 0 amide bonds. The lowest BCUT2D eigenvalue weighted by Crippen LogP contribution is -2.43. The van der Waals surface area contributed by atoms with Crippen molar-refractivity contribution < 1.29 is 13.6 Å². The second-order valence-corrected chi connectivity index (χ2v) is 27.6. The van der Waals surface area contributed by atoms with E-state index in [9.17, 15) is 0 Å². The molecule has 1 spiro atoms. The van der Waals surface area contributed by atoms with Crippen LogP contribution < -0.4 is 13.6 Å². The van der Waals surface area contributed by atoms with E-state index in [-0.39, 0.29) is 15.5 Å². The number of hydrogen-bond donors (Lipinski definition) is 0. The van der Waals surface area contributed by atoms with Gasteiger partial charge < -0.3 is 13.6 Å². The zero-order valence-electron chi connectivity index (χ0n) is 32.1. The summed E-state index contributed by atoms with van der Waals surface area (Å²) in [7, 11) is -3.91. The van der Waals surface area contributed by atoms with Crippen LogP contribution in [0.15, 0.2) is 60.7 Å². The van der Waals surface area contributed by atoms with Crippen molar-refractivity contribution in [3.05, 3.63) is 88.5 Å². The van der Waals surface area contributed by atoms with E-state index in [1.54, 1.807) is 0 Å². The Balaban J connectivity index is 1.29. The van der Waals surface area contributed by atoms with E-state index < -0.39 is 16.6 Å². The number of benzene rings is 3. The zero-order valence-corrected chi connectivity index (χ0v) is 34.1. The summed E-state index contributed by atoms with van der Waals surface area (Å²) in [6, 6.07) is 22.6. The number of ether oxygens (including phenoxy) is 1. The molecule has 0 aromatic heterocycles. The summed E-state index contributed by atoms with van der Waals surface area (Å²) in [5, 5.41) is 0.301. The van der Waals surface area contributed by atoms with Gasteiger partial charge in [-0.05, 0) is 151 Å². The summed E-state index contributed by atoms with van der Waals surface area (Å²) in [6.07, 6.45) is 9.55. The van der Waals surface area contributed by atoms with Gasteiger partial charge in [0.05, 0.1) is 0 Å². The standard InChI is InChI=1S/C43H61NO3Si2/c1-41(2,3)48(7,8)46-37-20-16-33-29-43(31-35(33)27-37)30-34-17-21-38(47-49(9,10)42(4,5)6)28-39(34)40(43)26-32-14-18-36(19-15-32)45-25-24-44-22-12-11-13-23-44/h14-21,26-28H,11-13,22-25,29-31H2,1-10H3. The highest BCUT2D eigenvalue weighted by Crippen LogP contribution is 2.56. The smallest absolute Gasteiger partial charge is 0.250 e. The summed E-state index contributed by atoms with van der Waals surface area (Å²) in [4.78, 5) is 2.53. The van der Waals surface area contributed by atoms with Crippen LogP contribution >= 0.6 is 0 Å². The Labute approximate surface area is 299 Å². The summed E-state index contributed by atoms with van der Waals surface area (Å²) < 4.78 is 19.9. The van der Waals surface area contributed by atoms with Crippen LogP contribution in [0.2, 0.25) is 36.3 Å². The molecule has 3 aromatic rings. The van der Waals surface area contributed by atoms with Crippen LogP contribution in [0.1, 0.15) is 88.6 Å². The van der Waals surface area contributed by atoms with Crippen molar-refractivity contribution in [2.24, 2.45) is 5.41 Å². The van der Waals surface area contributed by atoms with Crippen molar-refractivity contribution in [2.75, 3.05) is 26.2 Å². The van der Waals surface area contributed by atoms with Crippen molar-refractivity contribution in [3.8, 4) is 17.2 Å². The molecule has 3 aromatic carbocycles. The second kappa shape index (κ2) is 13.4. The van der Waals surface area contributed by atoms with Gasteiger partial charge in [0.15, 0.2) is 0 Å². The predicted molar refractivity (Wildman–Crippen MR) is 212 cm³/mol. The highest BCUT2D eigenvalue weighted by Gasteiger charge is 2.47. The molecule has 0 radical (unpaired) electrons. The Bertz CT molecular complexity index is 1670. The zero-order chi connectivity index (χ0) is 35.2.